The average Bonchev–Trinajstić information content (AvgIpc) is 2.93. The number of carbonyl (C=O) groups excluding carboxylic acids is 3. The number of unbranched alkanes of at least 4 members (excludes halogenated alkanes) is 1. The van der Waals surface area contributed by atoms with Crippen molar-refractivity contribution in [3.8, 4) is 5.75 Å². The molecule has 1 aliphatic heterocycles. The Kier molecular flexibility index (Phi) is 5.54. The van der Waals surface area contributed by atoms with Crippen molar-refractivity contribution in [2.45, 2.75) is 26.3 Å². The fraction of sp³-hybridized carbons (Fsp3) is 0.286. The SMILES string of the molecule is CCCCNC(=O)c1cc(CN2C(=O)c3ccccc3C2=O)ccc1OC. The summed E-state index contributed by atoms with van der Waals surface area (Å²) >= 11 is 0. The van der Waals surface area contributed by atoms with E-state index in [1.807, 2.05) is 0 Å². The molecule has 0 aromatic heterocycles. The molecule has 0 radical (unpaired) electrons. The minimum Gasteiger partial charge on any atom is -0.496 e. The van der Waals surface area contributed by atoms with E-state index in [2.05, 4.69) is 12.2 Å². The minimum absolute atomic E-state index is 0.103. The molecule has 1 aliphatic rings. The van der Waals surface area contributed by atoms with E-state index in [0.717, 1.165) is 12.8 Å². The molecule has 1 heterocycles. The van der Waals surface area contributed by atoms with E-state index in [0.29, 0.717) is 34.5 Å². The van der Waals surface area contributed by atoms with Crippen LogP contribution < -0.4 is 10.1 Å². The van der Waals surface area contributed by atoms with E-state index < -0.39 is 0 Å². The Bertz CT molecular complexity index is 857. The van der Waals surface area contributed by atoms with Crippen molar-refractivity contribution in [3.63, 3.8) is 0 Å². The van der Waals surface area contributed by atoms with E-state index in [-0.39, 0.29) is 24.3 Å². The zero-order valence-corrected chi connectivity index (χ0v) is 15.5. The summed E-state index contributed by atoms with van der Waals surface area (Å²) in [5.74, 6) is -0.416. The first-order valence-corrected chi connectivity index (χ1v) is 8.97. The van der Waals surface area contributed by atoms with Gasteiger partial charge in [0, 0.05) is 6.54 Å². The van der Waals surface area contributed by atoms with Gasteiger partial charge in [-0.1, -0.05) is 31.5 Å². The number of hydrogen-bond acceptors (Lipinski definition) is 4. The van der Waals surface area contributed by atoms with Gasteiger partial charge in [-0.15, -0.1) is 0 Å². The van der Waals surface area contributed by atoms with Crippen LogP contribution in [0.25, 0.3) is 0 Å². The second kappa shape index (κ2) is 8.03. The first-order valence-electron chi connectivity index (χ1n) is 8.97. The third-order valence-electron chi connectivity index (χ3n) is 4.54. The van der Waals surface area contributed by atoms with Gasteiger partial charge < -0.3 is 10.1 Å². The predicted molar refractivity (Wildman–Crippen MR) is 101 cm³/mol. The van der Waals surface area contributed by atoms with Crippen molar-refractivity contribution in [2.75, 3.05) is 13.7 Å². The minimum atomic E-state index is -0.319. The van der Waals surface area contributed by atoms with E-state index in [9.17, 15) is 14.4 Å². The molecule has 3 amide bonds. The lowest BCUT2D eigenvalue weighted by Crippen LogP contribution is -2.29. The van der Waals surface area contributed by atoms with Crippen molar-refractivity contribution in [1.82, 2.24) is 10.2 Å². The highest BCUT2D eigenvalue weighted by molar-refractivity contribution is 6.21. The summed E-state index contributed by atoms with van der Waals surface area (Å²) in [4.78, 5) is 38.7. The molecule has 2 aromatic rings. The van der Waals surface area contributed by atoms with Crippen LogP contribution in [0.15, 0.2) is 42.5 Å². The first kappa shape index (κ1) is 18.6. The summed E-state index contributed by atoms with van der Waals surface area (Å²) in [6, 6.07) is 11.9. The molecule has 6 nitrogen and oxygen atoms in total. The Labute approximate surface area is 158 Å². The Morgan fingerprint density at radius 1 is 1.07 bits per heavy atom. The van der Waals surface area contributed by atoms with Gasteiger partial charge in [-0.2, -0.15) is 0 Å². The third-order valence-corrected chi connectivity index (χ3v) is 4.54. The summed E-state index contributed by atoms with van der Waals surface area (Å²) in [5.41, 5.74) is 1.90. The van der Waals surface area contributed by atoms with Crippen molar-refractivity contribution in [3.05, 3.63) is 64.7 Å². The Morgan fingerprint density at radius 3 is 2.33 bits per heavy atom. The molecule has 0 aliphatic carbocycles. The first-order chi connectivity index (χ1) is 13.1. The zero-order chi connectivity index (χ0) is 19.4. The Balaban J connectivity index is 1.82. The van der Waals surface area contributed by atoms with Crippen LogP contribution in [-0.2, 0) is 6.54 Å². The van der Waals surface area contributed by atoms with E-state index in [1.165, 1.54) is 12.0 Å². The van der Waals surface area contributed by atoms with Gasteiger partial charge in [0.1, 0.15) is 5.75 Å². The van der Waals surface area contributed by atoms with Crippen molar-refractivity contribution in [1.29, 1.82) is 0 Å². The lowest BCUT2D eigenvalue weighted by atomic mass is 10.1. The molecule has 0 atom stereocenters. The zero-order valence-electron chi connectivity index (χ0n) is 15.5. The average molecular weight is 366 g/mol. The van der Waals surface area contributed by atoms with Crippen molar-refractivity contribution >= 4 is 17.7 Å². The van der Waals surface area contributed by atoms with Crippen LogP contribution in [0, 0.1) is 0 Å². The van der Waals surface area contributed by atoms with Crippen LogP contribution >= 0.6 is 0 Å². The highest BCUT2D eigenvalue weighted by Crippen LogP contribution is 2.26. The highest BCUT2D eigenvalue weighted by atomic mass is 16.5. The largest absolute Gasteiger partial charge is 0.496 e. The maximum absolute atomic E-state index is 12.5. The van der Waals surface area contributed by atoms with Gasteiger partial charge in [0.2, 0.25) is 0 Å². The summed E-state index contributed by atoms with van der Waals surface area (Å²) in [6.45, 7) is 2.74. The molecule has 1 N–H and O–H groups in total. The van der Waals surface area contributed by atoms with Gasteiger partial charge in [0.25, 0.3) is 17.7 Å². The van der Waals surface area contributed by atoms with E-state index >= 15 is 0 Å². The predicted octanol–water partition coefficient (Wildman–Crippen LogP) is 3.02. The molecule has 0 bridgehead atoms. The molecular weight excluding hydrogens is 344 g/mol. The molecule has 0 spiro atoms. The molecule has 6 heteroatoms. The van der Waals surface area contributed by atoms with Gasteiger partial charge in [-0.3, -0.25) is 19.3 Å². The molecule has 0 saturated heterocycles. The number of fused-ring (bicyclic) bond motifs is 1. The van der Waals surface area contributed by atoms with Crippen LogP contribution in [0.2, 0.25) is 0 Å². The van der Waals surface area contributed by atoms with Crippen LogP contribution in [0.5, 0.6) is 5.75 Å². The third kappa shape index (κ3) is 3.69. The monoisotopic (exact) mass is 366 g/mol. The quantitative estimate of drug-likeness (QED) is 0.604. The smallest absolute Gasteiger partial charge is 0.261 e. The van der Waals surface area contributed by atoms with Gasteiger partial charge in [-0.25, -0.2) is 0 Å². The number of rotatable bonds is 7. The van der Waals surface area contributed by atoms with E-state index in [4.69, 9.17) is 4.74 Å². The number of imide groups is 1. The Morgan fingerprint density at radius 2 is 1.74 bits per heavy atom. The number of ether oxygens (including phenoxy) is 1. The summed E-state index contributed by atoms with van der Waals surface area (Å²) in [5, 5.41) is 2.86. The number of benzene rings is 2. The summed E-state index contributed by atoms with van der Waals surface area (Å²) < 4.78 is 5.28. The fourth-order valence-corrected chi connectivity index (χ4v) is 3.07. The van der Waals surface area contributed by atoms with Crippen LogP contribution in [0.3, 0.4) is 0 Å². The van der Waals surface area contributed by atoms with Gasteiger partial charge in [0.15, 0.2) is 0 Å². The second-order valence-corrected chi connectivity index (χ2v) is 6.39. The summed E-state index contributed by atoms with van der Waals surface area (Å²) in [6.07, 6.45) is 1.87. The highest BCUT2D eigenvalue weighted by Gasteiger charge is 2.35. The number of carbonyl (C=O) groups is 3. The van der Waals surface area contributed by atoms with Crippen molar-refractivity contribution in [2.24, 2.45) is 0 Å². The van der Waals surface area contributed by atoms with Gasteiger partial charge in [-0.05, 0) is 36.2 Å². The number of nitrogens with zero attached hydrogens (tertiary/aromatic N) is 1. The number of hydrogen-bond donors (Lipinski definition) is 1. The normalized spacial score (nSPS) is 12.9. The number of amides is 3. The molecule has 2 aromatic carbocycles. The summed E-state index contributed by atoms with van der Waals surface area (Å²) in [7, 11) is 1.50. The Hall–Kier alpha value is -3.15. The van der Waals surface area contributed by atoms with Crippen LogP contribution in [0.1, 0.15) is 56.4 Å². The number of nitrogens with one attached hydrogen (secondary N) is 1. The molecule has 0 saturated carbocycles. The maximum Gasteiger partial charge on any atom is 0.261 e. The van der Waals surface area contributed by atoms with E-state index in [1.54, 1.807) is 42.5 Å². The van der Waals surface area contributed by atoms with Gasteiger partial charge in [0.05, 0.1) is 30.3 Å². The lowest BCUT2D eigenvalue weighted by molar-refractivity contribution is 0.0642. The number of methoxy groups -OCH3 is 1. The lowest BCUT2D eigenvalue weighted by Gasteiger charge is -2.16. The molecule has 0 unspecified atom stereocenters. The van der Waals surface area contributed by atoms with Crippen LogP contribution in [0.4, 0.5) is 0 Å². The van der Waals surface area contributed by atoms with Crippen LogP contribution in [-0.4, -0.2) is 36.3 Å². The molecule has 0 fully saturated rings. The fourth-order valence-electron chi connectivity index (χ4n) is 3.07. The molecule has 27 heavy (non-hydrogen) atoms. The molecular formula is C21H22N2O4. The van der Waals surface area contributed by atoms with Crippen molar-refractivity contribution < 1.29 is 19.1 Å². The second-order valence-electron chi connectivity index (χ2n) is 6.39. The standard InChI is InChI=1S/C21H22N2O4/c1-3-4-11-22-19(24)17-12-14(9-10-18(17)27-2)13-23-20(25)15-7-5-6-8-16(15)21(23)26/h5-10,12H,3-4,11,13H2,1-2H3,(H,22,24). The topological polar surface area (TPSA) is 75.7 Å². The molecule has 3 rings (SSSR count). The van der Waals surface area contributed by atoms with Gasteiger partial charge >= 0.3 is 0 Å². The molecule has 140 valence electrons. The maximum atomic E-state index is 12.5.